The molecule has 1 unspecified atom stereocenters. The van der Waals surface area contributed by atoms with Crippen molar-refractivity contribution in [1.82, 2.24) is 5.32 Å². The van der Waals surface area contributed by atoms with Crippen molar-refractivity contribution in [2.75, 3.05) is 13.2 Å². The van der Waals surface area contributed by atoms with E-state index in [1.165, 1.54) is 0 Å². The summed E-state index contributed by atoms with van der Waals surface area (Å²) in [5.41, 5.74) is 0.452. The normalized spacial score (nSPS) is 13.4. The van der Waals surface area contributed by atoms with Gasteiger partial charge in [-0.2, -0.15) is 5.26 Å². The summed E-state index contributed by atoms with van der Waals surface area (Å²) in [6.45, 7) is 5.63. The fourth-order valence-electron chi connectivity index (χ4n) is 2.05. The van der Waals surface area contributed by atoms with Crippen molar-refractivity contribution >= 4 is 0 Å². The van der Waals surface area contributed by atoms with Crippen molar-refractivity contribution < 1.29 is 9.84 Å². The Morgan fingerprint density at radius 3 is 2.57 bits per heavy atom. The Labute approximate surface area is 127 Å². The first-order valence-electron chi connectivity index (χ1n) is 7.62. The smallest absolute Gasteiger partial charge is 0.119 e. The summed E-state index contributed by atoms with van der Waals surface area (Å²) in [5, 5.41) is 21.5. The number of ether oxygens (including phenoxy) is 1. The Morgan fingerprint density at radius 1 is 1.29 bits per heavy atom. The van der Waals surface area contributed by atoms with Crippen LogP contribution in [0.25, 0.3) is 0 Å². The van der Waals surface area contributed by atoms with Gasteiger partial charge in [0.1, 0.15) is 11.3 Å². The Morgan fingerprint density at radius 2 is 2.00 bits per heavy atom. The van der Waals surface area contributed by atoms with E-state index in [0.29, 0.717) is 6.61 Å². The predicted octanol–water partition coefficient (Wildman–Crippen LogP) is 3.01. The van der Waals surface area contributed by atoms with Crippen molar-refractivity contribution in [3.8, 4) is 11.8 Å². The molecule has 1 aromatic carbocycles. The number of hydrogen-bond acceptors (Lipinski definition) is 4. The highest BCUT2D eigenvalue weighted by atomic mass is 16.5. The van der Waals surface area contributed by atoms with Gasteiger partial charge in [-0.25, -0.2) is 0 Å². The number of rotatable bonds is 10. The molecule has 0 spiro atoms. The largest absolute Gasteiger partial charge is 0.494 e. The van der Waals surface area contributed by atoms with E-state index >= 15 is 0 Å². The quantitative estimate of drug-likeness (QED) is 0.650. The van der Waals surface area contributed by atoms with E-state index in [0.717, 1.165) is 43.5 Å². The van der Waals surface area contributed by atoms with E-state index in [1.54, 1.807) is 0 Å². The summed E-state index contributed by atoms with van der Waals surface area (Å²) in [4.78, 5) is 0. The first kappa shape index (κ1) is 17.5. The first-order valence-corrected chi connectivity index (χ1v) is 7.62. The van der Waals surface area contributed by atoms with Crippen molar-refractivity contribution in [2.24, 2.45) is 0 Å². The highest BCUT2D eigenvalue weighted by Crippen LogP contribution is 2.15. The van der Waals surface area contributed by atoms with E-state index in [1.807, 2.05) is 31.2 Å². The molecule has 1 rings (SSSR count). The molecule has 0 aliphatic carbocycles. The van der Waals surface area contributed by atoms with Crippen LogP contribution >= 0.6 is 0 Å². The Balaban J connectivity index is 2.22. The topological polar surface area (TPSA) is 65.3 Å². The maximum Gasteiger partial charge on any atom is 0.119 e. The Bertz CT molecular complexity index is 439. The zero-order valence-electron chi connectivity index (χ0n) is 13.1. The summed E-state index contributed by atoms with van der Waals surface area (Å²) in [5.74, 6) is 0.819. The molecule has 4 heteroatoms. The molecule has 0 radical (unpaired) electrons. The van der Waals surface area contributed by atoms with E-state index in [-0.39, 0.29) is 6.61 Å². The number of nitrogens with one attached hydrogen (secondary N) is 1. The fraction of sp³-hybridized carbons (Fsp3) is 0.588. The molecule has 21 heavy (non-hydrogen) atoms. The molecule has 4 nitrogen and oxygen atoms in total. The number of benzene rings is 1. The van der Waals surface area contributed by atoms with Gasteiger partial charge in [0.25, 0.3) is 0 Å². The molecule has 0 bridgehead atoms. The lowest BCUT2D eigenvalue weighted by atomic mass is 9.96. The van der Waals surface area contributed by atoms with Crippen molar-refractivity contribution in [2.45, 2.75) is 51.7 Å². The molecule has 1 aromatic rings. The van der Waals surface area contributed by atoms with Crippen LogP contribution in [0.5, 0.6) is 5.75 Å². The van der Waals surface area contributed by atoms with Gasteiger partial charge in [0, 0.05) is 0 Å². The molecule has 0 aromatic heterocycles. The molecule has 0 aliphatic rings. The van der Waals surface area contributed by atoms with Gasteiger partial charge in [0.15, 0.2) is 0 Å². The standard InChI is InChI=1S/C17H26N2O2/c1-3-11-19-17(2,14-18)10-4-5-12-21-16-8-6-15(13-20)7-9-16/h6-9,19-20H,3-5,10-13H2,1-2H3. The zero-order chi connectivity index (χ0) is 15.6. The molecule has 0 saturated carbocycles. The highest BCUT2D eigenvalue weighted by Gasteiger charge is 2.21. The van der Waals surface area contributed by atoms with Gasteiger partial charge in [-0.1, -0.05) is 19.1 Å². The summed E-state index contributed by atoms with van der Waals surface area (Å²) in [6, 6.07) is 9.81. The van der Waals surface area contributed by atoms with E-state index in [9.17, 15) is 5.26 Å². The lowest BCUT2D eigenvalue weighted by molar-refractivity contribution is 0.280. The second-order valence-electron chi connectivity index (χ2n) is 5.48. The number of unbranched alkanes of at least 4 members (excludes halogenated alkanes) is 1. The van der Waals surface area contributed by atoms with Crippen LogP contribution in [0, 0.1) is 11.3 Å². The van der Waals surface area contributed by atoms with E-state index in [4.69, 9.17) is 9.84 Å². The number of nitrogens with zero attached hydrogens (tertiary/aromatic N) is 1. The molecule has 1 atom stereocenters. The third-order valence-electron chi connectivity index (χ3n) is 3.46. The number of aliphatic hydroxyl groups excluding tert-OH is 1. The Kier molecular flexibility index (Phi) is 7.81. The lowest BCUT2D eigenvalue weighted by Gasteiger charge is -2.22. The molecule has 2 N–H and O–H groups in total. The lowest BCUT2D eigenvalue weighted by Crippen LogP contribution is -2.41. The third-order valence-corrected chi connectivity index (χ3v) is 3.46. The minimum Gasteiger partial charge on any atom is -0.494 e. The minimum absolute atomic E-state index is 0.0534. The summed E-state index contributed by atoms with van der Waals surface area (Å²) in [7, 11) is 0. The van der Waals surface area contributed by atoms with Gasteiger partial charge in [-0.05, 0) is 56.8 Å². The maximum absolute atomic E-state index is 9.23. The first-order chi connectivity index (χ1) is 10.1. The monoisotopic (exact) mass is 290 g/mol. The van der Waals surface area contributed by atoms with Gasteiger partial charge in [0.05, 0.1) is 19.3 Å². The van der Waals surface area contributed by atoms with Crippen LogP contribution in [-0.2, 0) is 6.61 Å². The van der Waals surface area contributed by atoms with Gasteiger partial charge in [0.2, 0.25) is 0 Å². The molecule has 0 fully saturated rings. The molecular weight excluding hydrogens is 264 g/mol. The fourth-order valence-corrected chi connectivity index (χ4v) is 2.05. The van der Waals surface area contributed by atoms with Crippen LogP contribution in [0.3, 0.4) is 0 Å². The molecule has 0 aliphatic heterocycles. The van der Waals surface area contributed by atoms with E-state index < -0.39 is 5.54 Å². The van der Waals surface area contributed by atoms with Crippen LogP contribution in [0.2, 0.25) is 0 Å². The molecule has 0 heterocycles. The summed E-state index contributed by atoms with van der Waals surface area (Å²) >= 11 is 0. The SMILES string of the molecule is CCCNC(C)(C#N)CCCCOc1ccc(CO)cc1. The van der Waals surface area contributed by atoms with Crippen molar-refractivity contribution in [3.63, 3.8) is 0 Å². The molecular formula is C17H26N2O2. The maximum atomic E-state index is 9.23. The average Bonchev–Trinajstić information content (AvgIpc) is 2.53. The number of nitriles is 1. The third kappa shape index (κ3) is 6.61. The molecule has 0 saturated heterocycles. The van der Waals surface area contributed by atoms with Gasteiger partial charge in [-0.3, -0.25) is 5.32 Å². The van der Waals surface area contributed by atoms with Crippen LogP contribution in [0.15, 0.2) is 24.3 Å². The zero-order valence-corrected chi connectivity index (χ0v) is 13.1. The van der Waals surface area contributed by atoms with Gasteiger partial charge < -0.3 is 9.84 Å². The Hall–Kier alpha value is -1.57. The second-order valence-corrected chi connectivity index (χ2v) is 5.48. The average molecular weight is 290 g/mol. The molecule has 116 valence electrons. The summed E-state index contributed by atoms with van der Waals surface area (Å²) < 4.78 is 5.65. The number of hydrogen-bond donors (Lipinski definition) is 2. The van der Waals surface area contributed by atoms with Crippen molar-refractivity contribution in [3.05, 3.63) is 29.8 Å². The van der Waals surface area contributed by atoms with Crippen LogP contribution in [-0.4, -0.2) is 23.8 Å². The predicted molar refractivity (Wildman–Crippen MR) is 84.0 cm³/mol. The van der Waals surface area contributed by atoms with Crippen LogP contribution in [0.4, 0.5) is 0 Å². The van der Waals surface area contributed by atoms with Gasteiger partial charge >= 0.3 is 0 Å². The van der Waals surface area contributed by atoms with Crippen LogP contribution in [0.1, 0.15) is 45.1 Å². The van der Waals surface area contributed by atoms with Crippen LogP contribution < -0.4 is 10.1 Å². The minimum atomic E-state index is -0.432. The number of aliphatic hydroxyl groups is 1. The second kappa shape index (κ2) is 9.38. The van der Waals surface area contributed by atoms with E-state index in [2.05, 4.69) is 18.3 Å². The molecule has 0 amide bonds. The van der Waals surface area contributed by atoms with Gasteiger partial charge in [-0.15, -0.1) is 0 Å². The highest BCUT2D eigenvalue weighted by molar-refractivity contribution is 5.26. The van der Waals surface area contributed by atoms with Crippen molar-refractivity contribution in [1.29, 1.82) is 5.26 Å². The summed E-state index contributed by atoms with van der Waals surface area (Å²) in [6.07, 6.45) is 3.74.